The van der Waals surface area contributed by atoms with Gasteiger partial charge in [-0.1, -0.05) is 35.4 Å². The molecule has 1 aliphatic rings. The molecule has 1 heterocycles. The lowest BCUT2D eigenvalue weighted by molar-refractivity contribution is 0.416. The fourth-order valence-corrected chi connectivity index (χ4v) is 3.15. The van der Waals surface area contributed by atoms with Gasteiger partial charge in [0, 0.05) is 24.1 Å². The minimum absolute atomic E-state index is 0.249. The third-order valence-electron chi connectivity index (χ3n) is 2.35. The SMILES string of the molecule is C=C(Br)CNS(=O)(=O)N1CCCCCC1. The quantitative estimate of drug-likeness (QED) is 0.857. The Morgan fingerprint density at radius 1 is 1.27 bits per heavy atom. The van der Waals surface area contributed by atoms with E-state index in [-0.39, 0.29) is 6.54 Å². The molecular formula is C9H17BrN2O2S. The van der Waals surface area contributed by atoms with E-state index >= 15 is 0 Å². The van der Waals surface area contributed by atoms with Gasteiger partial charge in [0.05, 0.1) is 0 Å². The summed E-state index contributed by atoms with van der Waals surface area (Å²) in [5.74, 6) is 0. The number of halogens is 1. The fourth-order valence-electron chi connectivity index (χ4n) is 1.54. The summed E-state index contributed by atoms with van der Waals surface area (Å²) < 4.78 is 28.3. The Labute approximate surface area is 100 Å². The summed E-state index contributed by atoms with van der Waals surface area (Å²) in [5, 5.41) is 0. The highest BCUT2D eigenvalue weighted by atomic mass is 79.9. The van der Waals surface area contributed by atoms with Crippen LogP contribution in [0.1, 0.15) is 25.7 Å². The van der Waals surface area contributed by atoms with Crippen molar-refractivity contribution in [3.63, 3.8) is 0 Å². The van der Waals surface area contributed by atoms with Gasteiger partial charge in [-0.25, -0.2) is 0 Å². The van der Waals surface area contributed by atoms with E-state index in [1.54, 1.807) is 0 Å². The van der Waals surface area contributed by atoms with Gasteiger partial charge in [0.15, 0.2) is 0 Å². The van der Waals surface area contributed by atoms with Crippen LogP contribution < -0.4 is 4.72 Å². The first-order chi connectivity index (χ1) is 7.02. The molecule has 1 saturated heterocycles. The van der Waals surface area contributed by atoms with Crippen molar-refractivity contribution >= 4 is 26.1 Å². The van der Waals surface area contributed by atoms with Crippen molar-refractivity contribution in [1.82, 2.24) is 9.03 Å². The van der Waals surface area contributed by atoms with E-state index in [2.05, 4.69) is 27.2 Å². The lowest BCUT2D eigenvalue weighted by Crippen LogP contribution is -2.41. The molecule has 88 valence electrons. The molecule has 6 heteroatoms. The van der Waals surface area contributed by atoms with Gasteiger partial charge in [-0.05, 0) is 12.8 Å². The highest BCUT2D eigenvalue weighted by Gasteiger charge is 2.21. The Hall–Kier alpha value is 0.0900. The Balaban J connectivity index is 2.54. The van der Waals surface area contributed by atoms with E-state index < -0.39 is 10.2 Å². The molecule has 0 saturated carbocycles. The number of nitrogens with zero attached hydrogens (tertiary/aromatic N) is 1. The maximum atomic E-state index is 11.8. The van der Waals surface area contributed by atoms with E-state index in [1.165, 1.54) is 4.31 Å². The van der Waals surface area contributed by atoms with Crippen LogP contribution in [-0.2, 0) is 10.2 Å². The molecule has 0 aromatic carbocycles. The molecule has 1 aliphatic heterocycles. The highest BCUT2D eigenvalue weighted by molar-refractivity contribution is 9.11. The first kappa shape index (κ1) is 13.2. The van der Waals surface area contributed by atoms with E-state index in [1.807, 2.05) is 0 Å². The Morgan fingerprint density at radius 2 is 1.80 bits per heavy atom. The van der Waals surface area contributed by atoms with Crippen molar-refractivity contribution in [2.75, 3.05) is 19.6 Å². The maximum Gasteiger partial charge on any atom is 0.279 e. The van der Waals surface area contributed by atoms with Crippen molar-refractivity contribution in [1.29, 1.82) is 0 Å². The van der Waals surface area contributed by atoms with Crippen LogP contribution in [0, 0.1) is 0 Å². The zero-order valence-corrected chi connectivity index (χ0v) is 11.1. The van der Waals surface area contributed by atoms with E-state index in [0.717, 1.165) is 25.7 Å². The molecule has 0 unspecified atom stereocenters. The summed E-state index contributed by atoms with van der Waals surface area (Å²) in [6.07, 6.45) is 4.15. The van der Waals surface area contributed by atoms with Gasteiger partial charge in [-0.2, -0.15) is 17.4 Å². The zero-order valence-electron chi connectivity index (χ0n) is 8.71. The van der Waals surface area contributed by atoms with Crippen molar-refractivity contribution < 1.29 is 8.42 Å². The summed E-state index contributed by atoms with van der Waals surface area (Å²) in [6.45, 7) is 5.10. The summed E-state index contributed by atoms with van der Waals surface area (Å²) in [6, 6.07) is 0. The van der Waals surface area contributed by atoms with Gasteiger partial charge >= 0.3 is 0 Å². The molecule has 1 fully saturated rings. The van der Waals surface area contributed by atoms with Gasteiger partial charge in [0.2, 0.25) is 0 Å². The standard InChI is InChI=1S/C9H17BrN2O2S/c1-9(10)8-11-15(13,14)12-6-4-2-3-5-7-12/h11H,1-8H2. The topological polar surface area (TPSA) is 49.4 Å². The van der Waals surface area contributed by atoms with E-state index in [9.17, 15) is 8.42 Å². The van der Waals surface area contributed by atoms with Gasteiger partial charge in [-0.15, -0.1) is 0 Å². The molecule has 0 aromatic heterocycles. The molecule has 0 bridgehead atoms. The van der Waals surface area contributed by atoms with E-state index in [0.29, 0.717) is 17.6 Å². The largest absolute Gasteiger partial charge is 0.279 e. The monoisotopic (exact) mass is 296 g/mol. The van der Waals surface area contributed by atoms with Crippen LogP contribution in [0.3, 0.4) is 0 Å². The highest BCUT2D eigenvalue weighted by Crippen LogP contribution is 2.12. The van der Waals surface area contributed by atoms with Crippen molar-refractivity contribution in [2.45, 2.75) is 25.7 Å². The van der Waals surface area contributed by atoms with Gasteiger partial charge in [0.25, 0.3) is 10.2 Å². The van der Waals surface area contributed by atoms with Crippen molar-refractivity contribution in [3.05, 3.63) is 11.1 Å². The average Bonchev–Trinajstić information content (AvgIpc) is 2.43. The van der Waals surface area contributed by atoms with Crippen LogP contribution in [-0.4, -0.2) is 32.4 Å². The maximum absolute atomic E-state index is 11.8. The van der Waals surface area contributed by atoms with Crippen LogP contribution in [0.25, 0.3) is 0 Å². The molecule has 0 amide bonds. The molecule has 1 rings (SSSR count). The molecule has 0 aliphatic carbocycles. The summed E-state index contributed by atoms with van der Waals surface area (Å²) in [7, 11) is -3.31. The Kier molecular flexibility index (Phi) is 5.25. The molecular weight excluding hydrogens is 280 g/mol. The molecule has 0 aromatic rings. The average molecular weight is 297 g/mol. The summed E-state index contributed by atoms with van der Waals surface area (Å²) in [4.78, 5) is 0. The van der Waals surface area contributed by atoms with Crippen LogP contribution in [0.4, 0.5) is 0 Å². The second-order valence-corrected chi connectivity index (χ2v) is 6.53. The second-order valence-electron chi connectivity index (χ2n) is 3.66. The molecule has 1 N–H and O–H groups in total. The lowest BCUT2D eigenvalue weighted by Gasteiger charge is -2.19. The third kappa shape index (κ3) is 4.63. The molecule has 4 nitrogen and oxygen atoms in total. The third-order valence-corrected chi connectivity index (χ3v) is 4.19. The molecule has 0 radical (unpaired) electrons. The number of hydrogen-bond donors (Lipinski definition) is 1. The summed E-state index contributed by atoms with van der Waals surface area (Å²) >= 11 is 3.13. The van der Waals surface area contributed by atoms with Crippen molar-refractivity contribution in [2.24, 2.45) is 0 Å². The lowest BCUT2D eigenvalue weighted by atomic mass is 10.2. The smallest absolute Gasteiger partial charge is 0.197 e. The number of hydrogen-bond acceptors (Lipinski definition) is 2. The predicted octanol–water partition coefficient (Wildman–Crippen LogP) is 1.61. The zero-order chi connectivity index (χ0) is 11.3. The van der Waals surface area contributed by atoms with Crippen LogP contribution in [0.15, 0.2) is 11.1 Å². The summed E-state index contributed by atoms with van der Waals surface area (Å²) in [5.41, 5.74) is 0. The minimum atomic E-state index is -3.31. The molecule has 15 heavy (non-hydrogen) atoms. The van der Waals surface area contributed by atoms with Crippen LogP contribution >= 0.6 is 15.9 Å². The molecule has 0 atom stereocenters. The normalized spacial score (nSPS) is 19.8. The minimum Gasteiger partial charge on any atom is -0.197 e. The van der Waals surface area contributed by atoms with Crippen molar-refractivity contribution in [3.8, 4) is 0 Å². The van der Waals surface area contributed by atoms with Crippen LogP contribution in [0.5, 0.6) is 0 Å². The predicted molar refractivity (Wildman–Crippen MR) is 65.0 cm³/mol. The van der Waals surface area contributed by atoms with E-state index in [4.69, 9.17) is 0 Å². The molecule has 0 spiro atoms. The second kappa shape index (κ2) is 5.98. The Morgan fingerprint density at radius 3 is 2.27 bits per heavy atom. The first-order valence-corrected chi connectivity index (χ1v) is 7.34. The van der Waals surface area contributed by atoms with Gasteiger partial charge in [0.1, 0.15) is 0 Å². The Bertz CT molecular complexity index is 308. The fraction of sp³-hybridized carbons (Fsp3) is 0.778. The van der Waals surface area contributed by atoms with Gasteiger partial charge in [-0.3, -0.25) is 0 Å². The first-order valence-electron chi connectivity index (χ1n) is 5.10. The number of nitrogens with one attached hydrogen (secondary N) is 1. The van der Waals surface area contributed by atoms with Gasteiger partial charge < -0.3 is 0 Å². The van der Waals surface area contributed by atoms with Crippen LogP contribution in [0.2, 0.25) is 0 Å². The number of rotatable bonds is 4.